The molecule has 0 N–H and O–H groups in total. The Kier molecular flexibility index (Phi) is 8.78. The summed E-state index contributed by atoms with van der Waals surface area (Å²) in [5.41, 5.74) is -0.866. The minimum absolute atomic E-state index is 0.0507. The Labute approximate surface area is 209 Å². The zero-order chi connectivity index (χ0) is 26.5. The number of para-hydroxylation sites is 1. The molecule has 1 aromatic carbocycles. The second-order valence-corrected chi connectivity index (χ2v) is 9.52. The zero-order valence-electron chi connectivity index (χ0n) is 21.3. The molecule has 0 bridgehead atoms. The van der Waals surface area contributed by atoms with Gasteiger partial charge in [-0.2, -0.15) is 0 Å². The third kappa shape index (κ3) is 6.45. The number of hydrogen-bond acceptors (Lipinski definition) is 9. The molecule has 1 saturated heterocycles. The summed E-state index contributed by atoms with van der Waals surface area (Å²) >= 11 is 0. The number of anilines is 1. The second-order valence-electron chi connectivity index (χ2n) is 9.52. The number of nitrogens with zero attached hydrogens (tertiary/aromatic N) is 2. The van der Waals surface area contributed by atoms with Crippen molar-refractivity contribution in [2.45, 2.75) is 39.2 Å². The van der Waals surface area contributed by atoms with Crippen molar-refractivity contribution in [1.82, 2.24) is 4.90 Å². The third-order valence-electron chi connectivity index (χ3n) is 5.79. The lowest BCUT2D eigenvalue weighted by Crippen LogP contribution is -2.42. The highest BCUT2D eigenvalue weighted by Crippen LogP contribution is 2.37. The van der Waals surface area contributed by atoms with Crippen molar-refractivity contribution in [2.24, 2.45) is 5.92 Å². The lowest BCUT2D eigenvalue weighted by atomic mass is 9.98. The van der Waals surface area contributed by atoms with E-state index in [0.717, 1.165) is 0 Å². The van der Waals surface area contributed by atoms with Gasteiger partial charge < -0.3 is 33.5 Å². The van der Waals surface area contributed by atoms with Crippen LogP contribution in [-0.2, 0) is 28.5 Å². The van der Waals surface area contributed by atoms with E-state index in [2.05, 4.69) is 0 Å². The van der Waals surface area contributed by atoms with Gasteiger partial charge in [0, 0.05) is 13.1 Å². The number of likely N-dealkylation sites (tertiary alicyclic amines) is 1. The summed E-state index contributed by atoms with van der Waals surface area (Å²) in [6.45, 7) is 6.41. The number of amides is 1. The predicted octanol–water partition coefficient (Wildman–Crippen LogP) is 3.25. The standard InChI is InChI=1S/C25H33FN2O8/c1-25(2,3)36-24(31)27-11-9-16(10-12-27)13-35-19-8-6-7-18(26)21(19)28-15-34-14-17(22(29)32-4)20(28)23(30)33-5/h6-8,16H,9-15H2,1-5H3. The lowest BCUT2D eigenvalue weighted by molar-refractivity contribution is -0.140. The Balaban J connectivity index is 1.76. The maximum Gasteiger partial charge on any atom is 0.410 e. The van der Waals surface area contributed by atoms with Crippen LogP contribution < -0.4 is 9.64 Å². The minimum Gasteiger partial charge on any atom is -0.491 e. The molecule has 1 fully saturated rings. The number of ether oxygens (including phenoxy) is 5. The molecular weight excluding hydrogens is 475 g/mol. The van der Waals surface area contributed by atoms with E-state index in [1.807, 2.05) is 20.8 Å². The van der Waals surface area contributed by atoms with Gasteiger partial charge in [-0.1, -0.05) is 6.07 Å². The third-order valence-corrected chi connectivity index (χ3v) is 5.79. The van der Waals surface area contributed by atoms with Crippen molar-refractivity contribution in [3.05, 3.63) is 35.3 Å². The van der Waals surface area contributed by atoms with Gasteiger partial charge in [-0.15, -0.1) is 0 Å². The van der Waals surface area contributed by atoms with Crippen LogP contribution in [0.1, 0.15) is 33.6 Å². The second kappa shape index (κ2) is 11.6. The number of methoxy groups -OCH3 is 2. The molecule has 0 aliphatic carbocycles. The van der Waals surface area contributed by atoms with E-state index in [0.29, 0.717) is 25.9 Å². The number of carbonyl (C=O) groups excluding carboxylic acids is 3. The van der Waals surface area contributed by atoms with Gasteiger partial charge in [0.1, 0.15) is 29.5 Å². The van der Waals surface area contributed by atoms with Crippen LogP contribution in [0.15, 0.2) is 29.5 Å². The maximum atomic E-state index is 15.1. The fourth-order valence-electron chi connectivity index (χ4n) is 4.01. The Hall–Kier alpha value is -3.34. The Morgan fingerprint density at radius 1 is 1.08 bits per heavy atom. The van der Waals surface area contributed by atoms with E-state index >= 15 is 4.39 Å². The SMILES string of the molecule is COC(=O)C1=C(C(=O)OC)N(c2c(F)cccc2OCC2CCN(C(=O)OC(C)(C)C)CC2)COC1. The number of rotatable bonds is 6. The van der Waals surface area contributed by atoms with Gasteiger partial charge >= 0.3 is 18.0 Å². The number of benzene rings is 1. The van der Waals surface area contributed by atoms with Crippen LogP contribution in [0, 0.1) is 11.7 Å². The normalized spacial score (nSPS) is 17.1. The zero-order valence-corrected chi connectivity index (χ0v) is 21.3. The monoisotopic (exact) mass is 508 g/mol. The summed E-state index contributed by atoms with van der Waals surface area (Å²) < 4.78 is 41.6. The van der Waals surface area contributed by atoms with Crippen LogP contribution in [-0.4, -0.2) is 75.8 Å². The fraction of sp³-hybridized carbons (Fsp3) is 0.560. The first-order valence-electron chi connectivity index (χ1n) is 11.7. The van der Waals surface area contributed by atoms with Crippen LogP contribution >= 0.6 is 0 Å². The fourth-order valence-corrected chi connectivity index (χ4v) is 4.01. The minimum atomic E-state index is -0.831. The van der Waals surface area contributed by atoms with Gasteiger partial charge in [0.15, 0.2) is 5.82 Å². The number of piperidine rings is 1. The lowest BCUT2D eigenvalue weighted by Gasteiger charge is -2.34. The summed E-state index contributed by atoms with van der Waals surface area (Å²) in [7, 11) is 2.34. The van der Waals surface area contributed by atoms with Crippen LogP contribution in [0.4, 0.5) is 14.9 Å². The summed E-state index contributed by atoms with van der Waals surface area (Å²) in [6.07, 6.45) is 1.04. The van der Waals surface area contributed by atoms with E-state index in [-0.39, 0.29) is 54.7 Å². The molecule has 0 atom stereocenters. The Bertz CT molecular complexity index is 1010. The summed E-state index contributed by atoms with van der Waals surface area (Å²) in [5, 5.41) is 0. The average molecular weight is 509 g/mol. The average Bonchev–Trinajstić information content (AvgIpc) is 2.85. The molecule has 198 valence electrons. The van der Waals surface area contributed by atoms with Crippen molar-refractivity contribution in [2.75, 3.05) is 52.2 Å². The molecular formula is C25H33FN2O8. The predicted molar refractivity (Wildman–Crippen MR) is 127 cm³/mol. The van der Waals surface area contributed by atoms with Crippen molar-refractivity contribution in [3.63, 3.8) is 0 Å². The molecule has 2 aliphatic heterocycles. The number of esters is 2. The molecule has 0 unspecified atom stereocenters. The molecule has 0 spiro atoms. The van der Waals surface area contributed by atoms with Gasteiger partial charge in [0.2, 0.25) is 0 Å². The van der Waals surface area contributed by atoms with Crippen molar-refractivity contribution in [3.8, 4) is 5.75 Å². The van der Waals surface area contributed by atoms with Crippen LogP contribution in [0.5, 0.6) is 5.75 Å². The van der Waals surface area contributed by atoms with Gasteiger partial charge in [0.05, 0.1) is 33.0 Å². The molecule has 10 nitrogen and oxygen atoms in total. The quantitative estimate of drug-likeness (QED) is 0.423. The largest absolute Gasteiger partial charge is 0.491 e. The van der Waals surface area contributed by atoms with Crippen molar-refractivity contribution in [1.29, 1.82) is 0 Å². The first kappa shape index (κ1) is 27.3. The summed E-state index contributed by atoms with van der Waals surface area (Å²) in [6, 6.07) is 4.30. The highest BCUT2D eigenvalue weighted by atomic mass is 19.1. The number of carbonyl (C=O) groups is 3. The first-order valence-corrected chi connectivity index (χ1v) is 11.7. The Morgan fingerprint density at radius 3 is 2.36 bits per heavy atom. The molecule has 3 rings (SSSR count). The van der Waals surface area contributed by atoms with Crippen LogP contribution in [0.2, 0.25) is 0 Å². The van der Waals surface area contributed by atoms with Gasteiger partial charge in [-0.3, -0.25) is 0 Å². The number of halogens is 1. The highest BCUT2D eigenvalue weighted by molar-refractivity contribution is 6.03. The molecule has 1 aromatic rings. The highest BCUT2D eigenvalue weighted by Gasteiger charge is 2.35. The number of hydrogen-bond donors (Lipinski definition) is 0. The summed E-state index contributed by atoms with van der Waals surface area (Å²) in [4.78, 5) is 40.1. The van der Waals surface area contributed by atoms with Gasteiger partial charge in [0.25, 0.3) is 0 Å². The van der Waals surface area contributed by atoms with E-state index in [1.54, 1.807) is 11.0 Å². The van der Waals surface area contributed by atoms with Crippen LogP contribution in [0.25, 0.3) is 0 Å². The molecule has 1 amide bonds. The molecule has 2 aliphatic rings. The van der Waals surface area contributed by atoms with Crippen molar-refractivity contribution < 1.29 is 42.5 Å². The van der Waals surface area contributed by atoms with E-state index in [9.17, 15) is 14.4 Å². The smallest absolute Gasteiger partial charge is 0.410 e. The molecule has 2 heterocycles. The van der Waals surface area contributed by atoms with E-state index < -0.39 is 23.4 Å². The van der Waals surface area contributed by atoms with Gasteiger partial charge in [-0.25, -0.2) is 18.8 Å². The summed E-state index contributed by atoms with van der Waals surface area (Å²) in [5.74, 6) is -1.97. The van der Waals surface area contributed by atoms with Crippen LogP contribution in [0.3, 0.4) is 0 Å². The Morgan fingerprint density at radius 2 is 1.75 bits per heavy atom. The maximum absolute atomic E-state index is 15.1. The molecule has 0 saturated carbocycles. The molecule has 11 heteroatoms. The first-order chi connectivity index (χ1) is 17.1. The van der Waals surface area contributed by atoms with E-state index in [4.69, 9.17) is 23.7 Å². The van der Waals surface area contributed by atoms with Crippen molar-refractivity contribution >= 4 is 23.7 Å². The topological polar surface area (TPSA) is 104 Å². The molecule has 0 aromatic heterocycles. The van der Waals surface area contributed by atoms with Gasteiger partial charge in [-0.05, 0) is 51.7 Å². The van der Waals surface area contributed by atoms with E-state index in [1.165, 1.54) is 31.3 Å². The molecule has 0 radical (unpaired) electrons. The molecule has 36 heavy (non-hydrogen) atoms.